The highest BCUT2D eigenvalue weighted by Gasteiger charge is 2.36. The second-order valence-corrected chi connectivity index (χ2v) is 7.07. The molecule has 0 radical (unpaired) electrons. The van der Waals surface area contributed by atoms with Gasteiger partial charge in [0, 0.05) is 30.8 Å². The number of anilines is 1. The molecule has 1 N–H and O–H groups in total. The summed E-state index contributed by atoms with van der Waals surface area (Å²) in [6.07, 6.45) is 4.72. The Morgan fingerprint density at radius 3 is 2.71 bits per heavy atom. The maximum Gasteiger partial charge on any atom is 0.227 e. The molecule has 2 fully saturated rings. The van der Waals surface area contributed by atoms with Gasteiger partial charge in [-0.2, -0.15) is 0 Å². The minimum absolute atomic E-state index is 0.000620. The van der Waals surface area contributed by atoms with Gasteiger partial charge in [-0.25, -0.2) is 0 Å². The largest absolute Gasteiger partial charge is 0.497 e. The van der Waals surface area contributed by atoms with E-state index >= 15 is 0 Å². The van der Waals surface area contributed by atoms with Crippen LogP contribution in [0.25, 0.3) is 0 Å². The number of methoxy groups -OCH3 is 1. The molecule has 1 aromatic rings. The van der Waals surface area contributed by atoms with Gasteiger partial charge >= 0.3 is 0 Å². The van der Waals surface area contributed by atoms with Crippen LogP contribution in [0.3, 0.4) is 0 Å². The first-order valence-corrected chi connectivity index (χ1v) is 8.81. The van der Waals surface area contributed by atoms with Crippen LogP contribution in [0.15, 0.2) is 24.3 Å². The summed E-state index contributed by atoms with van der Waals surface area (Å²) in [7, 11) is 1.60. The molecule has 0 spiro atoms. The molecule has 24 heavy (non-hydrogen) atoms. The number of nitrogens with one attached hydrogen (secondary N) is 1. The molecular weight excluding hydrogens is 304 g/mol. The van der Waals surface area contributed by atoms with E-state index in [9.17, 15) is 9.59 Å². The van der Waals surface area contributed by atoms with E-state index in [4.69, 9.17) is 4.74 Å². The van der Waals surface area contributed by atoms with Gasteiger partial charge < -0.3 is 15.0 Å². The molecule has 2 amide bonds. The van der Waals surface area contributed by atoms with E-state index in [2.05, 4.69) is 12.2 Å². The van der Waals surface area contributed by atoms with Crippen molar-refractivity contribution in [2.45, 2.75) is 45.1 Å². The Labute approximate surface area is 143 Å². The first kappa shape index (κ1) is 16.8. The highest BCUT2D eigenvalue weighted by Crippen LogP contribution is 2.29. The molecule has 5 heteroatoms. The second kappa shape index (κ2) is 7.24. The fraction of sp³-hybridized carbons (Fsp3) is 0.579. The number of hydrogen-bond donors (Lipinski definition) is 1. The van der Waals surface area contributed by atoms with Crippen LogP contribution in [0.1, 0.15) is 39.0 Å². The molecule has 1 aliphatic carbocycles. The lowest BCUT2D eigenvalue weighted by atomic mass is 9.87. The summed E-state index contributed by atoms with van der Waals surface area (Å²) in [5.74, 6) is 1.23. The minimum Gasteiger partial charge on any atom is -0.497 e. The molecule has 2 aliphatic rings. The van der Waals surface area contributed by atoms with Crippen LogP contribution >= 0.6 is 0 Å². The highest BCUT2D eigenvalue weighted by atomic mass is 16.5. The van der Waals surface area contributed by atoms with Crippen molar-refractivity contribution in [2.24, 2.45) is 11.8 Å². The van der Waals surface area contributed by atoms with Gasteiger partial charge in [-0.1, -0.05) is 13.0 Å². The zero-order valence-electron chi connectivity index (χ0n) is 14.5. The molecule has 1 aromatic carbocycles. The summed E-state index contributed by atoms with van der Waals surface area (Å²) < 4.78 is 5.22. The third-order valence-corrected chi connectivity index (χ3v) is 5.22. The maximum absolute atomic E-state index is 12.5. The number of carbonyl (C=O) groups excluding carboxylic acids is 2. The third kappa shape index (κ3) is 3.71. The van der Waals surface area contributed by atoms with Crippen molar-refractivity contribution in [2.75, 3.05) is 18.6 Å². The van der Waals surface area contributed by atoms with Crippen molar-refractivity contribution in [3.63, 3.8) is 0 Å². The summed E-state index contributed by atoms with van der Waals surface area (Å²) in [4.78, 5) is 26.5. The van der Waals surface area contributed by atoms with E-state index in [0.29, 0.717) is 12.3 Å². The van der Waals surface area contributed by atoms with Crippen LogP contribution in [-0.4, -0.2) is 31.5 Å². The molecule has 1 atom stereocenters. The number of benzene rings is 1. The Balaban J connectivity index is 1.60. The van der Waals surface area contributed by atoms with Gasteiger partial charge in [-0.15, -0.1) is 0 Å². The predicted molar refractivity (Wildman–Crippen MR) is 93.0 cm³/mol. The van der Waals surface area contributed by atoms with E-state index < -0.39 is 0 Å². The second-order valence-electron chi connectivity index (χ2n) is 7.07. The fourth-order valence-corrected chi connectivity index (χ4v) is 3.63. The summed E-state index contributed by atoms with van der Waals surface area (Å²) >= 11 is 0. The van der Waals surface area contributed by atoms with E-state index in [1.54, 1.807) is 12.0 Å². The van der Waals surface area contributed by atoms with Gasteiger partial charge in [0.15, 0.2) is 0 Å². The fourth-order valence-electron chi connectivity index (χ4n) is 3.63. The smallest absolute Gasteiger partial charge is 0.227 e. The number of ether oxygens (including phenoxy) is 1. The Morgan fingerprint density at radius 1 is 1.25 bits per heavy atom. The number of nitrogens with zero attached hydrogens (tertiary/aromatic N) is 1. The monoisotopic (exact) mass is 330 g/mol. The number of rotatable bonds is 4. The van der Waals surface area contributed by atoms with Crippen molar-refractivity contribution < 1.29 is 14.3 Å². The van der Waals surface area contributed by atoms with E-state index in [-0.39, 0.29) is 30.2 Å². The minimum atomic E-state index is -0.261. The molecule has 0 aromatic heterocycles. The van der Waals surface area contributed by atoms with Crippen LogP contribution in [0, 0.1) is 11.8 Å². The summed E-state index contributed by atoms with van der Waals surface area (Å²) in [5, 5.41) is 3.15. The van der Waals surface area contributed by atoms with Crippen LogP contribution in [0.2, 0.25) is 0 Å². The van der Waals surface area contributed by atoms with Crippen LogP contribution in [0.5, 0.6) is 5.75 Å². The van der Waals surface area contributed by atoms with Gasteiger partial charge in [0.25, 0.3) is 0 Å². The molecule has 1 saturated heterocycles. The molecule has 0 bridgehead atoms. The third-order valence-electron chi connectivity index (χ3n) is 5.22. The van der Waals surface area contributed by atoms with E-state index in [0.717, 1.165) is 24.4 Å². The van der Waals surface area contributed by atoms with E-state index in [1.807, 2.05) is 24.3 Å². The lowest BCUT2D eigenvalue weighted by Gasteiger charge is -2.27. The molecular formula is C19H26N2O3. The molecule has 5 nitrogen and oxygen atoms in total. The highest BCUT2D eigenvalue weighted by molar-refractivity contribution is 6.00. The van der Waals surface area contributed by atoms with Crippen molar-refractivity contribution in [3.05, 3.63) is 24.3 Å². The normalized spacial score (nSPS) is 27.2. The van der Waals surface area contributed by atoms with E-state index in [1.165, 1.54) is 12.8 Å². The first-order valence-electron chi connectivity index (χ1n) is 8.81. The summed E-state index contributed by atoms with van der Waals surface area (Å²) in [6.45, 7) is 2.71. The van der Waals surface area contributed by atoms with Crippen molar-refractivity contribution >= 4 is 17.5 Å². The SMILES string of the molecule is COc1cccc(N2C[C@H](C(=O)NC3CCC(C)CC3)CC2=O)c1. The average Bonchev–Trinajstić information content (AvgIpc) is 2.99. The zero-order chi connectivity index (χ0) is 17.1. The van der Waals surface area contributed by atoms with Crippen LogP contribution < -0.4 is 15.0 Å². The van der Waals surface area contributed by atoms with Crippen LogP contribution in [-0.2, 0) is 9.59 Å². The lowest BCUT2D eigenvalue weighted by molar-refractivity contribution is -0.127. The Kier molecular flexibility index (Phi) is 5.07. The zero-order valence-corrected chi connectivity index (χ0v) is 14.5. The Morgan fingerprint density at radius 2 is 2.00 bits per heavy atom. The topological polar surface area (TPSA) is 58.6 Å². The predicted octanol–water partition coefficient (Wildman–Crippen LogP) is 2.74. The average molecular weight is 330 g/mol. The molecule has 1 saturated carbocycles. The first-order chi connectivity index (χ1) is 11.6. The van der Waals surface area contributed by atoms with Crippen molar-refractivity contribution in [1.29, 1.82) is 0 Å². The van der Waals surface area contributed by atoms with Gasteiger partial charge in [0.05, 0.1) is 13.0 Å². The van der Waals surface area contributed by atoms with Crippen molar-refractivity contribution in [3.8, 4) is 5.75 Å². The van der Waals surface area contributed by atoms with Gasteiger partial charge in [0.2, 0.25) is 11.8 Å². The van der Waals surface area contributed by atoms with Gasteiger partial charge in [0.1, 0.15) is 5.75 Å². The van der Waals surface area contributed by atoms with Crippen LogP contribution in [0.4, 0.5) is 5.69 Å². The molecule has 1 aliphatic heterocycles. The van der Waals surface area contributed by atoms with Gasteiger partial charge in [-0.05, 0) is 43.7 Å². The Hall–Kier alpha value is -2.04. The number of hydrogen-bond acceptors (Lipinski definition) is 3. The molecule has 3 rings (SSSR count). The maximum atomic E-state index is 12.5. The molecule has 130 valence electrons. The summed E-state index contributed by atoms with van der Waals surface area (Å²) in [6, 6.07) is 7.69. The number of amides is 2. The van der Waals surface area contributed by atoms with Crippen molar-refractivity contribution in [1.82, 2.24) is 5.32 Å². The molecule has 0 unspecified atom stereocenters. The Bertz CT molecular complexity index is 608. The quantitative estimate of drug-likeness (QED) is 0.923. The lowest BCUT2D eigenvalue weighted by Crippen LogP contribution is -2.41. The summed E-state index contributed by atoms with van der Waals surface area (Å²) in [5.41, 5.74) is 0.793. The molecule has 1 heterocycles. The number of carbonyl (C=O) groups is 2. The van der Waals surface area contributed by atoms with Gasteiger partial charge in [-0.3, -0.25) is 9.59 Å². The standard InChI is InChI=1S/C19H26N2O3/c1-13-6-8-15(9-7-13)20-19(23)14-10-18(22)21(12-14)16-4-3-5-17(11-16)24-2/h3-5,11,13-15H,6-10,12H2,1-2H3,(H,20,23)/t13?,14-,15?/m1/s1.